The molecule has 0 N–H and O–H groups in total. The van der Waals surface area contributed by atoms with Gasteiger partial charge in [0.15, 0.2) is 12.2 Å². The molecule has 4 amide bonds. The first-order valence-electron chi connectivity index (χ1n) is 9.25. The van der Waals surface area contributed by atoms with Gasteiger partial charge in [-0.2, -0.15) is 0 Å². The lowest BCUT2D eigenvalue weighted by Gasteiger charge is -2.39. The van der Waals surface area contributed by atoms with Gasteiger partial charge in [-0.25, -0.2) is 9.79 Å². The Morgan fingerprint density at radius 3 is 2.07 bits per heavy atom. The highest BCUT2D eigenvalue weighted by Crippen LogP contribution is 2.28. The Morgan fingerprint density at radius 2 is 1.52 bits per heavy atom. The second-order valence-corrected chi connectivity index (χ2v) is 6.99. The summed E-state index contributed by atoms with van der Waals surface area (Å²) in [5, 5.41) is 0. The van der Waals surface area contributed by atoms with Gasteiger partial charge in [0.05, 0.1) is 12.9 Å². The molecule has 0 spiro atoms. The summed E-state index contributed by atoms with van der Waals surface area (Å²) in [6.45, 7) is -0.0456. The van der Waals surface area contributed by atoms with Gasteiger partial charge in [-0.1, -0.05) is 36.4 Å². The van der Waals surface area contributed by atoms with E-state index in [1.807, 2.05) is 60.7 Å². The van der Waals surface area contributed by atoms with E-state index in [0.29, 0.717) is 0 Å². The van der Waals surface area contributed by atoms with E-state index in [1.165, 1.54) is 18.3 Å². The molecule has 0 bridgehead atoms. The highest BCUT2D eigenvalue weighted by molar-refractivity contribution is 6.05. The molecule has 2 aliphatic heterocycles. The Labute approximate surface area is 168 Å². The largest absolute Gasteiger partial charge is 0.338 e. The number of likely N-dealkylation sites (N-methyl/N-ethyl adjacent to an activating group) is 2. The van der Waals surface area contributed by atoms with Crippen LogP contribution in [0.3, 0.4) is 0 Å². The van der Waals surface area contributed by atoms with Gasteiger partial charge in [0.2, 0.25) is 0 Å². The summed E-state index contributed by atoms with van der Waals surface area (Å²) >= 11 is 0. The number of aliphatic imine (C=N–C) groups is 1. The molecule has 148 valence electrons. The highest BCUT2D eigenvalue weighted by atomic mass is 16.2. The molecular formula is C21H21N5O3. The lowest BCUT2D eigenvalue weighted by Crippen LogP contribution is -2.64. The fraction of sp³-hybridized carbons (Fsp3) is 0.238. The molecule has 1 fully saturated rings. The number of carbonyl (C=O) groups excluding carboxylic acids is 3. The van der Waals surface area contributed by atoms with Crippen molar-refractivity contribution in [1.82, 2.24) is 14.7 Å². The Hall–Kier alpha value is -3.68. The van der Waals surface area contributed by atoms with Crippen molar-refractivity contribution in [3.8, 4) is 0 Å². The summed E-state index contributed by atoms with van der Waals surface area (Å²) < 4.78 is 0. The van der Waals surface area contributed by atoms with Crippen LogP contribution in [0.15, 0.2) is 65.7 Å². The van der Waals surface area contributed by atoms with Crippen LogP contribution in [0.25, 0.3) is 0 Å². The van der Waals surface area contributed by atoms with Crippen LogP contribution >= 0.6 is 0 Å². The number of imide groups is 1. The summed E-state index contributed by atoms with van der Waals surface area (Å²) in [5.74, 6) is -0.570. The zero-order valence-electron chi connectivity index (χ0n) is 16.2. The molecule has 8 heteroatoms. The van der Waals surface area contributed by atoms with Crippen LogP contribution in [-0.4, -0.2) is 71.7 Å². The number of hydrogen-bond donors (Lipinski definition) is 0. The van der Waals surface area contributed by atoms with Crippen LogP contribution in [-0.2, 0) is 9.59 Å². The van der Waals surface area contributed by atoms with E-state index in [0.717, 1.165) is 16.3 Å². The second kappa shape index (κ2) is 7.38. The number of benzene rings is 2. The van der Waals surface area contributed by atoms with Crippen LogP contribution in [0, 0.1) is 0 Å². The van der Waals surface area contributed by atoms with Crippen molar-refractivity contribution in [2.75, 3.05) is 25.5 Å². The van der Waals surface area contributed by atoms with Gasteiger partial charge in [-0.3, -0.25) is 19.4 Å². The third-order valence-corrected chi connectivity index (χ3v) is 5.17. The number of para-hydroxylation sites is 2. The SMILES string of the molecule is CN1C(=O)[C@@H]2[C@H](N=CN2CC(=O)N(c2ccccc2)c2ccccc2)N(C)C1=O. The van der Waals surface area contributed by atoms with Gasteiger partial charge in [0.1, 0.15) is 0 Å². The smallest absolute Gasteiger partial charge is 0.328 e. The molecule has 0 unspecified atom stereocenters. The van der Waals surface area contributed by atoms with E-state index in [4.69, 9.17) is 0 Å². The standard InChI is InChI=1S/C21H21N5O3/c1-23-19-18(20(28)24(2)21(23)29)25(14-22-19)13-17(27)26(15-9-5-3-6-10-15)16-11-7-4-8-12-16/h3-12,14,18-19H,13H2,1-2H3/t18-,19+/m0/s1. The monoisotopic (exact) mass is 391 g/mol. The molecule has 2 aromatic rings. The van der Waals surface area contributed by atoms with Crippen LogP contribution in [0.2, 0.25) is 0 Å². The van der Waals surface area contributed by atoms with Crippen LogP contribution in [0.5, 0.6) is 0 Å². The van der Waals surface area contributed by atoms with Gasteiger partial charge in [-0.05, 0) is 24.3 Å². The van der Waals surface area contributed by atoms with E-state index < -0.39 is 18.2 Å². The molecule has 0 aromatic heterocycles. The molecular weight excluding hydrogens is 370 g/mol. The number of hydrogen-bond acceptors (Lipinski definition) is 5. The molecule has 1 saturated heterocycles. The summed E-state index contributed by atoms with van der Waals surface area (Å²) in [4.78, 5) is 48.2. The Balaban J connectivity index is 1.61. The van der Waals surface area contributed by atoms with Crippen molar-refractivity contribution in [1.29, 1.82) is 0 Å². The zero-order valence-corrected chi connectivity index (χ0v) is 16.2. The average molecular weight is 391 g/mol. The lowest BCUT2D eigenvalue weighted by molar-refractivity contribution is -0.136. The number of fused-ring (bicyclic) bond motifs is 1. The van der Waals surface area contributed by atoms with Crippen molar-refractivity contribution < 1.29 is 14.4 Å². The number of carbonyl (C=O) groups is 3. The summed E-state index contributed by atoms with van der Waals surface area (Å²) in [5.41, 5.74) is 1.46. The number of nitrogens with zero attached hydrogens (tertiary/aromatic N) is 5. The Bertz CT molecular complexity index is 923. The fourth-order valence-corrected chi connectivity index (χ4v) is 3.66. The maximum atomic E-state index is 13.3. The highest BCUT2D eigenvalue weighted by Gasteiger charge is 2.48. The van der Waals surface area contributed by atoms with Crippen molar-refractivity contribution in [2.24, 2.45) is 4.99 Å². The van der Waals surface area contributed by atoms with E-state index >= 15 is 0 Å². The van der Waals surface area contributed by atoms with Crippen molar-refractivity contribution in [3.05, 3.63) is 60.7 Å². The minimum absolute atomic E-state index is 0.0456. The number of amides is 4. The third-order valence-electron chi connectivity index (χ3n) is 5.17. The van der Waals surface area contributed by atoms with E-state index in [-0.39, 0.29) is 18.4 Å². The van der Waals surface area contributed by atoms with Crippen molar-refractivity contribution in [2.45, 2.75) is 12.2 Å². The van der Waals surface area contributed by atoms with Crippen molar-refractivity contribution >= 4 is 35.6 Å². The lowest BCUT2D eigenvalue weighted by atomic mass is 10.1. The Morgan fingerprint density at radius 1 is 0.966 bits per heavy atom. The third kappa shape index (κ3) is 3.22. The van der Waals surface area contributed by atoms with E-state index in [9.17, 15) is 14.4 Å². The molecule has 0 saturated carbocycles. The van der Waals surface area contributed by atoms with E-state index in [2.05, 4.69) is 4.99 Å². The topological polar surface area (TPSA) is 76.5 Å². The molecule has 4 rings (SSSR count). The summed E-state index contributed by atoms with van der Waals surface area (Å²) in [6.07, 6.45) is 0.864. The van der Waals surface area contributed by atoms with Gasteiger partial charge in [-0.15, -0.1) is 0 Å². The zero-order chi connectivity index (χ0) is 20.5. The maximum absolute atomic E-state index is 13.3. The molecule has 0 radical (unpaired) electrons. The predicted octanol–water partition coefficient (Wildman–Crippen LogP) is 1.91. The minimum Gasteiger partial charge on any atom is -0.338 e. The maximum Gasteiger partial charge on any atom is 0.328 e. The van der Waals surface area contributed by atoms with Gasteiger partial charge in [0.25, 0.3) is 11.8 Å². The molecule has 29 heavy (non-hydrogen) atoms. The average Bonchev–Trinajstić information content (AvgIpc) is 3.16. The fourth-order valence-electron chi connectivity index (χ4n) is 3.66. The summed E-state index contributed by atoms with van der Waals surface area (Å²) in [7, 11) is 3.04. The molecule has 2 aliphatic rings. The molecule has 2 heterocycles. The first-order chi connectivity index (χ1) is 14.0. The molecule has 8 nitrogen and oxygen atoms in total. The molecule has 0 aliphatic carbocycles. The number of rotatable bonds is 4. The van der Waals surface area contributed by atoms with Gasteiger partial charge < -0.3 is 9.80 Å². The first kappa shape index (κ1) is 18.7. The molecule has 2 aromatic carbocycles. The normalized spacial score (nSPS) is 20.8. The van der Waals surface area contributed by atoms with Crippen LogP contribution in [0.4, 0.5) is 16.2 Å². The summed E-state index contributed by atoms with van der Waals surface area (Å²) in [6, 6.07) is 17.6. The van der Waals surface area contributed by atoms with Gasteiger partial charge in [0, 0.05) is 25.5 Å². The van der Waals surface area contributed by atoms with E-state index in [1.54, 1.807) is 16.8 Å². The Kier molecular flexibility index (Phi) is 4.75. The van der Waals surface area contributed by atoms with Crippen LogP contribution in [0.1, 0.15) is 0 Å². The minimum atomic E-state index is -0.708. The molecule has 2 atom stereocenters. The predicted molar refractivity (Wildman–Crippen MR) is 109 cm³/mol. The van der Waals surface area contributed by atoms with Crippen LogP contribution < -0.4 is 4.90 Å². The van der Waals surface area contributed by atoms with Gasteiger partial charge >= 0.3 is 6.03 Å². The number of urea groups is 1. The second-order valence-electron chi connectivity index (χ2n) is 6.99. The quantitative estimate of drug-likeness (QED) is 0.798. The first-order valence-corrected chi connectivity index (χ1v) is 9.25. The number of anilines is 2. The van der Waals surface area contributed by atoms with Crippen molar-refractivity contribution in [3.63, 3.8) is 0 Å².